The predicted molar refractivity (Wildman–Crippen MR) is 101 cm³/mol. The summed E-state index contributed by atoms with van der Waals surface area (Å²) in [7, 11) is 0. The van der Waals surface area contributed by atoms with E-state index in [-0.39, 0.29) is 0 Å². The molecule has 3 aromatic rings. The molecule has 0 saturated carbocycles. The molecule has 0 aliphatic carbocycles. The second-order valence-corrected chi connectivity index (χ2v) is 5.62. The Hall–Kier alpha value is -3.60. The Kier molecular flexibility index (Phi) is 6.20. The number of esters is 1. The number of benzene rings is 3. The number of carbonyl (C=O) groups is 2. The van der Waals surface area contributed by atoms with Crippen molar-refractivity contribution in [1.82, 2.24) is 0 Å². The third-order valence-electron chi connectivity index (χ3n) is 3.64. The summed E-state index contributed by atoms with van der Waals surface area (Å²) in [5.74, 6) is 1.11. The van der Waals surface area contributed by atoms with Crippen LogP contribution >= 0.6 is 0 Å². The average molecular weight is 362 g/mol. The molecule has 0 aromatic heterocycles. The summed E-state index contributed by atoms with van der Waals surface area (Å²) in [5, 5.41) is 0. The largest absolute Gasteiger partial charge is 0.490 e. The van der Waals surface area contributed by atoms with Crippen molar-refractivity contribution in [2.24, 2.45) is 0 Å². The summed E-state index contributed by atoms with van der Waals surface area (Å²) in [6.45, 7) is 0.728. The number of aldehydes is 1. The lowest BCUT2D eigenvalue weighted by atomic mass is 10.2. The van der Waals surface area contributed by atoms with Crippen molar-refractivity contribution in [3.63, 3.8) is 0 Å². The molecule has 0 N–H and O–H groups in total. The molecule has 0 atom stereocenters. The minimum Gasteiger partial charge on any atom is -0.490 e. The van der Waals surface area contributed by atoms with E-state index < -0.39 is 5.97 Å². The first kappa shape index (κ1) is 18.2. The highest BCUT2D eigenvalue weighted by Crippen LogP contribution is 2.18. The van der Waals surface area contributed by atoms with E-state index in [0.29, 0.717) is 42.1 Å². The van der Waals surface area contributed by atoms with E-state index in [2.05, 4.69) is 0 Å². The quantitative estimate of drug-likeness (QED) is 0.260. The summed E-state index contributed by atoms with van der Waals surface area (Å²) in [6, 6.07) is 22.6. The van der Waals surface area contributed by atoms with Crippen LogP contribution in [0.4, 0.5) is 0 Å². The molecule has 0 spiro atoms. The van der Waals surface area contributed by atoms with Gasteiger partial charge >= 0.3 is 5.97 Å². The number of carbonyl (C=O) groups excluding carboxylic acids is 2. The highest BCUT2D eigenvalue weighted by Gasteiger charge is 2.10. The van der Waals surface area contributed by atoms with Crippen molar-refractivity contribution in [2.45, 2.75) is 0 Å². The topological polar surface area (TPSA) is 61.8 Å². The first-order valence-electron chi connectivity index (χ1n) is 8.43. The normalized spacial score (nSPS) is 10.1. The maximum absolute atomic E-state index is 12.3. The molecule has 3 aromatic carbocycles. The van der Waals surface area contributed by atoms with E-state index in [1.165, 1.54) is 6.07 Å². The molecule has 0 saturated heterocycles. The van der Waals surface area contributed by atoms with Crippen LogP contribution in [0.3, 0.4) is 0 Å². The molecular weight excluding hydrogens is 344 g/mol. The Balaban J connectivity index is 1.54. The van der Waals surface area contributed by atoms with E-state index in [1.54, 1.807) is 42.5 Å². The van der Waals surface area contributed by atoms with Crippen molar-refractivity contribution < 1.29 is 23.8 Å². The lowest BCUT2D eigenvalue weighted by Gasteiger charge is -2.09. The van der Waals surface area contributed by atoms with E-state index in [9.17, 15) is 9.59 Å². The number of ether oxygens (including phenoxy) is 3. The van der Waals surface area contributed by atoms with Gasteiger partial charge < -0.3 is 14.2 Å². The molecule has 27 heavy (non-hydrogen) atoms. The number of hydrogen-bond donors (Lipinski definition) is 0. The first-order chi connectivity index (χ1) is 13.2. The minimum atomic E-state index is -0.524. The SMILES string of the molecule is O=Cc1cccc(OC(=O)c2cccc(OCCOc3ccccc3)c2)c1. The van der Waals surface area contributed by atoms with Gasteiger partial charge in [0.1, 0.15) is 36.7 Å². The fourth-order valence-corrected chi connectivity index (χ4v) is 2.37. The molecule has 0 radical (unpaired) electrons. The van der Waals surface area contributed by atoms with Gasteiger partial charge in [-0.1, -0.05) is 36.4 Å². The average Bonchev–Trinajstić information content (AvgIpc) is 2.72. The van der Waals surface area contributed by atoms with Crippen LogP contribution in [-0.2, 0) is 0 Å². The summed E-state index contributed by atoms with van der Waals surface area (Å²) in [6.07, 6.45) is 0.698. The van der Waals surface area contributed by atoms with Gasteiger partial charge in [-0.15, -0.1) is 0 Å². The van der Waals surface area contributed by atoms with Gasteiger partial charge in [0.2, 0.25) is 0 Å². The van der Waals surface area contributed by atoms with Crippen LogP contribution in [0.1, 0.15) is 20.7 Å². The van der Waals surface area contributed by atoms with Gasteiger partial charge in [0.25, 0.3) is 0 Å². The second-order valence-electron chi connectivity index (χ2n) is 5.62. The summed E-state index contributed by atoms with van der Waals surface area (Å²) in [5.41, 5.74) is 0.795. The predicted octanol–water partition coefficient (Wildman–Crippen LogP) is 4.18. The van der Waals surface area contributed by atoms with Gasteiger partial charge in [-0.05, 0) is 42.5 Å². The molecule has 3 rings (SSSR count). The van der Waals surface area contributed by atoms with Gasteiger partial charge in [0, 0.05) is 5.56 Å². The number of rotatable bonds is 8. The smallest absolute Gasteiger partial charge is 0.343 e. The fraction of sp³-hybridized carbons (Fsp3) is 0.0909. The van der Waals surface area contributed by atoms with Crippen LogP contribution in [-0.4, -0.2) is 25.5 Å². The van der Waals surface area contributed by atoms with Crippen molar-refractivity contribution in [3.05, 3.63) is 90.0 Å². The zero-order valence-corrected chi connectivity index (χ0v) is 14.5. The zero-order chi connectivity index (χ0) is 18.9. The number of hydrogen-bond acceptors (Lipinski definition) is 5. The Morgan fingerprint density at radius 3 is 2.19 bits per heavy atom. The third kappa shape index (κ3) is 5.44. The monoisotopic (exact) mass is 362 g/mol. The van der Waals surface area contributed by atoms with E-state index in [4.69, 9.17) is 14.2 Å². The molecule has 0 unspecified atom stereocenters. The highest BCUT2D eigenvalue weighted by atomic mass is 16.5. The first-order valence-corrected chi connectivity index (χ1v) is 8.43. The summed E-state index contributed by atoms with van der Waals surface area (Å²) >= 11 is 0. The van der Waals surface area contributed by atoms with Gasteiger partial charge in [-0.3, -0.25) is 4.79 Å². The number of para-hydroxylation sites is 1. The van der Waals surface area contributed by atoms with Crippen LogP contribution in [0.25, 0.3) is 0 Å². The molecule has 5 heteroatoms. The van der Waals surface area contributed by atoms with Crippen LogP contribution in [0, 0.1) is 0 Å². The highest BCUT2D eigenvalue weighted by molar-refractivity contribution is 5.91. The molecule has 0 amide bonds. The van der Waals surface area contributed by atoms with Crippen molar-refractivity contribution in [2.75, 3.05) is 13.2 Å². The Morgan fingerprint density at radius 2 is 1.41 bits per heavy atom. The maximum Gasteiger partial charge on any atom is 0.343 e. The van der Waals surface area contributed by atoms with Crippen LogP contribution in [0.2, 0.25) is 0 Å². The second kappa shape index (κ2) is 9.20. The van der Waals surface area contributed by atoms with Gasteiger partial charge in [-0.2, -0.15) is 0 Å². The van der Waals surface area contributed by atoms with Crippen LogP contribution < -0.4 is 14.2 Å². The van der Waals surface area contributed by atoms with Gasteiger partial charge in [0.15, 0.2) is 0 Å². The van der Waals surface area contributed by atoms with Gasteiger partial charge in [0.05, 0.1) is 5.56 Å². The standard InChI is InChI=1S/C22H18O5/c23-16-17-6-4-11-21(14-17)27-22(24)18-7-5-10-20(15-18)26-13-12-25-19-8-2-1-3-9-19/h1-11,14-16H,12-13H2. The van der Waals surface area contributed by atoms with Crippen LogP contribution in [0.5, 0.6) is 17.2 Å². The minimum absolute atomic E-state index is 0.312. The van der Waals surface area contributed by atoms with E-state index in [1.807, 2.05) is 30.3 Å². The lowest BCUT2D eigenvalue weighted by Crippen LogP contribution is -2.11. The lowest BCUT2D eigenvalue weighted by molar-refractivity contribution is 0.0733. The van der Waals surface area contributed by atoms with E-state index in [0.717, 1.165) is 5.75 Å². The Morgan fingerprint density at radius 1 is 0.741 bits per heavy atom. The van der Waals surface area contributed by atoms with Crippen molar-refractivity contribution in [3.8, 4) is 17.2 Å². The molecule has 5 nitrogen and oxygen atoms in total. The molecular formula is C22H18O5. The maximum atomic E-state index is 12.3. The van der Waals surface area contributed by atoms with E-state index >= 15 is 0 Å². The van der Waals surface area contributed by atoms with Crippen molar-refractivity contribution in [1.29, 1.82) is 0 Å². The van der Waals surface area contributed by atoms with Crippen molar-refractivity contribution >= 4 is 12.3 Å². The molecule has 0 aliphatic heterocycles. The fourth-order valence-electron chi connectivity index (χ4n) is 2.37. The summed E-state index contributed by atoms with van der Waals surface area (Å²) < 4.78 is 16.5. The molecule has 136 valence electrons. The summed E-state index contributed by atoms with van der Waals surface area (Å²) in [4.78, 5) is 23.1. The Labute approximate surface area is 157 Å². The molecule has 0 bridgehead atoms. The third-order valence-corrected chi connectivity index (χ3v) is 3.64. The molecule has 0 aliphatic rings. The van der Waals surface area contributed by atoms with Crippen LogP contribution in [0.15, 0.2) is 78.9 Å². The zero-order valence-electron chi connectivity index (χ0n) is 14.5. The molecule has 0 heterocycles. The molecule has 0 fully saturated rings. The Bertz CT molecular complexity index is 905. The van der Waals surface area contributed by atoms with Gasteiger partial charge in [-0.25, -0.2) is 4.79 Å².